The van der Waals surface area contributed by atoms with E-state index < -0.39 is 0 Å². The molecule has 1 heterocycles. The molecule has 0 unspecified atom stereocenters. The molecule has 4 heteroatoms. The van der Waals surface area contributed by atoms with Crippen molar-refractivity contribution < 1.29 is 4.79 Å². The molecule has 3 nitrogen and oxygen atoms in total. The predicted octanol–water partition coefficient (Wildman–Crippen LogP) is 3.51. The zero-order valence-electron chi connectivity index (χ0n) is 11.8. The molecule has 0 saturated carbocycles. The van der Waals surface area contributed by atoms with E-state index in [1.54, 1.807) is 35.4 Å². The summed E-state index contributed by atoms with van der Waals surface area (Å²) in [5.74, 6) is 0.0382. The van der Waals surface area contributed by atoms with Gasteiger partial charge in [-0.05, 0) is 37.6 Å². The number of hydrogen-bond donors (Lipinski definition) is 0. The van der Waals surface area contributed by atoms with Gasteiger partial charge in [0.25, 0.3) is 5.91 Å². The summed E-state index contributed by atoms with van der Waals surface area (Å²) in [5, 5.41) is 8.77. The standard InChI is InChI=1S/C16H16N2OS/c1-11-8-15(12(2)20-11)16(19)18(3)10-14-6-4-13(9-17)5-7-14/h4-8H,10H2,1-3H3. The van der Waals surface area contributed by atoms with Crippen LogP contribution in [-0.2, 0) is 6.54 Å². The van der Waals surface area contributed by atoms with E-state index in [0.717, 1.165) is 20.9 Å². The summed E-state index contributed by atoms with van der Waals surface area (Å²) in [6, 6.07) is 11.3. The van der Waals surface area contributed by atoms with E-state index in [0.29, 0.717) is 12.1 Å². The van der Waals surface area contributed by atoms with Crippen molar-refractivity contribution in [3.05, 3.63) is 56.8 Å². The fourth-order valence-electron chi connectivity index (χ4n) is 2.08. The average Bonchev–Trinajstić information content (AvgIpc) is 2.77. The smallest absolute Gasteiger partial charge is 0.255 e. The van der Waals surface area contributed by atoms with Crippen LogP contribution in [0.1, 0.15) is 31.2 Å². The van der Waals surface area contributed by atoms with Crippen LogP contribution in [0.2, 0.25) is 0 Å². The van der Waals surface area contributed by atoms with Crippen molar-refractivity contribution in [3.63, 3.8) is 0 Å². The minimum absolute atomic E-state index is 0.0382. The molecule has 102 valence electrons. The minimum Gasteiger partial charge on any atom is -0.337 e. The molecular formula is C16H16N2OS. The topological polar surface area (TPSA) is 44.1 Å². The number of benzene rings is 1. The molecule has 0 bridgehead atoms. The highest BCUT2D eigenvalue weighted by Crippen LogP contribution is 2.22. The van der Waals surface area contributed by atoms with Crippen LogP contribution < -0.4 is 0 Å². The van der Waals surface area contributed by atoms with Gasteiger partial charge in [-0.3, -0.25) is 4.79 Å². The summed E-state index contributed by atoms with van der Waals surface area (Å²) < 4.78 is 0. The Morgan fingerprint density at radius 2 is 1.95 bits per heavy atom. The molecule has 0 radical (unpaired) electrons. The van der Waals surface area contributed by atoms with Gasteiger partial charge in [-0.1, -0.05) is 12.1 Å². The Morgan fingerprint density at radius 1 is 1.30 bits per heavy atom. The lowest BCUT2D eigenvalue weighted by molar-refractivity contribution is 0.0785. The largest absolute Gasteiger partial charge is 0.337 e. The molecule has 0 spiro atoms. The van der Waals surface area contributed by atoms with Crippen molar-refractivity contribution in [1.82, 2.24) is 4.90 Å². The highest BCUT2D eigenvalue weighted by molar-refractivity contribution is 7.12. The van der Waals surface area contributed by atoms with Crippen LogP contribution in [0.25, 0.3) is 0 Å². The van der Waals surface area contributed by atoms with Crippen LogP contribution in [0.3, 0.4) is 0 Å². The van der Waals surface area contributed by atoms with Crippen LogP contribution >= 0.6 is 11.3 Å². The highest BCUT2D eigenvalue weighted by atomic mass is 32.1. The second kappa shape index (κ2) is 5.89. The second-order valence-corrected chi connectivity index (χ2v) is 6.26. The first-order valence-electron chi connectivity index (χ1n) is 6.33. The van der Waals surface area contributed by atoms with Crippen LogP contribution in [0.15, 0.2) is 30.3 Å². The number of aryl methyl sites for hydroxylation is 2. The maximum atomic E-state index is 12.4. The van der Waals surface area contributed by atoms with E-state index in [9.17, 15) is 4.79 Å². The number of nitrogens with zero attached hydrogens (tertiary/aromatic N) is 2. The molecule has 1 aromatic carbocycles. The van der Waals surface area contributed by atoms with E-state index in [-0.39, 0.29) is 5.91 Å². The van der Waals surface area contributed by atoms with Crippen molar-refractivity contribution in [2.45, 2.75) is 20.4 Å². The molecule has 0 saturated heterocycles. The molecule has 0 aliphatic rings. The number of rotatable bonds is 3. The molecular weight excluding hydrogens is 268 g/mol. The van der Waals surface area contributed by atoms with Crippen molar-refractivity contribution in [3.8, 4) is 6.07 Å². The monoisotopic (exact) mass is 284 g/mol. The molecule has 2 aromatic rings. The van der Waals surface area contributed by atoms with Gasteiger partial charge in [0.05, 0.1) is 17.2 Å². The summed E-state index contributed by atoms with van der Waals surface area (Å²) in [6.07, 6.45) is 0. The fraction of sp³-hybridized carbons (Fsp3) is 0.250. The lowest BCUT2D eigenvalue weighted by Crippen LogP contribution is -2.26. The first-order chi connectivity index (χ1) is 9.51. The van der Waals surface area contributed by atoms with Gasteiger partial charge in [0.2, 0.25) is 0 Å². The third kappa shape index (κ3) is 3.06. The van der Waals surface area contributed by atoms with Gasteiger partial charge in [0.1, 0.15) is 0 Å². The summed E-state index contributed by atoms with van der Waals surface area (Å²) in [5.41, 5.74) is 2.43. The summed E-state index contributed by atoms with van der Waals surface area (Å²) in [7, 11) is 1.80. The predicted molar refractivity (Wildman–Crippen MR) is 80.7 cm³/mol. The molecule has 1 amide bonds. The zero-order chi connectivity index (χ0) is 14.7. The van der Waals surface area contributed by atoms with Gasteiger partial charge < -0.3 is 4.90 Å². The molecule has 0 N–H and O–H groups in total. The quantitative estimate of drug-likeness (QED) is 0.865. The normalized spacial score (nSPS) is 10.1. The number of hydrogen-bond acceptors (Lipinski definition) is 3. The van der Waals surface area contributed by atoms with Gasteiger partial charge in [0.15, 0.2) is 0 Å². The SMILES string of the molecule is Cc1cc(C(=O)N(C)Cc2ccc(C#N)cc2)c(C)s1. The molecule has 2 rings (SSSR count). The lowest BCUT2D eigenvalue weighted by Gasteiger charge is -2.17. The molecule has 0 aliphatic carbocycles. The average molecular weight is 284 g/mol. The summed E-state index contributed by atoms with van der Waals surface area (Å²) in [4.78, 5) is 16.3. The minimum atomic E-state index is 0.0382. The molecule has 0 aliphatic heterocycles. The first-order valence-corrected chi connectivity index (χ1v) is 7.14. The summed E-state index contributed by atoms with van der Waals surface area (Å²) >= 11 is 1.64. The number of nitriles is 1. The zero-order valence-corrected chi connectivity index (χ0v) is 12.6. The van der Waals surface area contributed by atoms with Crippen molar-refractivity contribution in [1.29, 1.82) is 5.26 Å². The maximum absolute atomic E-state index is 12.4. The second-order valence-electron chi connectivity index (χ2n) is 4.80. The van der Waals surface area contributed by atoms with E-state index in [4.69, 9.17) is 5.26 Å². The van der Waals surface area contributed by atoms with Gasteiger partial charge >= 0.3 is 0 Å². The highest BCUT2D eigenvalue weighted by Gasteiger charge is 2.16. The van der Waals surface area contributed by atoms with Gasteiger partial charge in [0, 0.05) is 23.3 Å². The molecule has 1 aromatic heterocycles. The Hall–Kier alpha value is -2.12. The Morgan fingerprint density at radius 3 is 2.45 bits per heavy atom. The van der Waals surface area contributed by atoms with Gasteiger partial charge in [-0.15, -0.1) is 11.3 Å². The van der Waals surface area contributed by atoms with Crippen LogP contribution in [0.4, 0.5) is 0 Å². The number of carbonyl (C=O) groups excluding carboxylic acids is 1. The van der Waals surface area contributed by atoms with Crippen LogP contribution in [0, 0.1) is 25.2 Å². The Labute approximate surface area is 123 Å². The van der Waals surface area contributed by atoms with Gasteiger partial charge in [-0.2, -0.15) is 5.26 Å². The maximum Gasteiger partial charge on any atom is 0.255 e. The first kappa shape index (κ1) is 14.3. The Bertz CT molecular complexity index is 665. The third-order valence-corrected chi connectivity index (χ3v) is 4.09. The Balaban J connectivity index is 2.11. The Kier molecular flexibility index (Phi) is 4.21. The van der Waals surface area contributed by atoms with E-state index in [1.807, 2.05) is 32.0 Å². The van der Waals surface area contributed by atoms with Crippen molar-refractivity contribution in [2.24, 2.45) is 0 Å². The lowest BCUT2D eigenvalue weighted by atomic mass is 10.1. The molecule has 0 atom stereocenters. The number of carbonyl (C=O) groups is 1. The fourth-order valence-corrected chi connectivity index (χ4v) is 3.00. The van der Waals surface area contributed by atoms with E-state index in [1.165, 1.54) is 0 Å². The van der Waals surface area contributed by atoms with Crippen molar-refractivity contribution in [2.75, 3.05) is 7.05 Å². The van der Waals surface area contributed by atoms with Gasteiger partial charge in [-0.25, -0.2) is 0 Å². The third-order valence-electron chi connectivity index (χ3n) is 3.12. The van der Waals surface area contributed by atoms with E-state index in [2.05, 4.69) is 6.07 Å². The van der Waals surface area contributed by atoms with E-state index >= 15 is 0 Å². The molecule has 20 heavy (non-hydrogen) atoms. The van der Waals surface area contributed by atoms with Crippen molar-refractivity contribution >= 4 is 17.2 Å². The number of thiophene rings is 1. The summed E-state index contributed by atoms with van der Waals surface area (Å²) in [6.45, 7) is 4.52. The van der Waals surface area contributed by atoms with Crippen LogP contribution in [-0.4, -0.2) is 17.9 Å². The van der Waals surface area contributed by atoms with Crippen LogP contribution in [0.5, 0.6) is 0 Å². The number of amides is 1. The molecule has 0 fully saturated rings.